The predicted molar refractivity (Wildman–Crippen MR) is 254 cm³/mol. The molecule has 3 amide bonds. The second kappa shape index (κ2) is 19.5. The van der Waals surface area contributed by atoms with Crippen LogP contribution in [-0.2, 0) is 54.5 Å². The van der Waals surface area contributed by atoms with Crippen LogP contribution >= 0.6 is 0 Å². The van der Waals surface area contributed by atoms with Crippen LogP contribution in [0.1, 0.15) is 77.5 Å². The second-order valence-electron chi connectivity index (χ2n) is 20.0. The van der Waals surface area contributed by atoms with E-state index in [0.29, 0.717) is 63.1 Å². The lowest BCUT2D eigenvalue weighted by atomic mass is 9.84. The minimum absolute atomic E-state index is 0.00647. The van der Waals surface area contributed by atoms with Gasteiger partial charge in [0.25, 0.3) is 5.91 Å². The summed E-state index contributed by atoms with van der Waals surface area (Å²) in [7, 11) is 1.90. The summed E-state index contributed by atoms with van der Waals surface area (Å²) in [6.45, 7) is 18.3. The Labute approximate surface area is 387 Å². The van der Waals surface area contributed by atoms with Gasteiger partial charge in [0.05, 0.1) is 24.8 Å². The Morgan fingerprint density at radius 1 is 0.985 bits per heavy atom. The molecule has 0 aliphatic carbocycles. The van der Waals surface area contributed by atoms with Crippen molar-refractivity contribution in [3.63, 3.8) is 0 Å². The summed E-state index contributed by atoms with van der Waals surface area (Å²) in [6.07, 6.45) is 3.59. The van der Waals surface area contributed by atoms with E-state index in [4.69, 9.17) is 4.74 Å². The molecule has 4 heterocycles. The Kier molecular flexibility index (Phi) is 14.1. The number of carbonyl (C=O) groups is 5. The monoisotopic (exact) mass is 902 g/mol. The zero-order chi connectivity index (χ0) is 47.7. The lowest BCUT2D eigenvalue weighted by molar-refractivity contribution is -0.157. The summed E-state index contributed by atoms with van der Waals surface area (Å²) in [5.74, 6) is -2.20. The van der Waals surface area contributed by atoms with Gasteiger partial charge in [-0.3, -0.25) is 33.9 Å². The standard InChI is InChI=1S/C52H66N6O8/c1-9-44(60)56-21-19-34(30-56)29-55(8)46(32(3)4)48(63)53-52(7)27-35-22-38(25-39(59)23-35)37-17-18-43-40(26-37)41(47(57(43)10-2)36-15-13-33(14-16-36)24-45(61)62)28-51(5,6)31-66-49(64)42-12-11-20-58(54-42)50(52)65/h9,13-18,22-23,25-26,32,34,42,46,54,59H,1,10-12,19-21,24,27-31H2,2-8H3,(H,53,63)(H,61,62)/t34-,42+,46+,52?/m1/s1. The first-order chi connectivity index (χ1) is 31.3. The number of carboxylic acid groups (broad SMARTS) is 1. The molecule has 2 saturated heterocycles. The summed E-state index contributed by atoms with van der Waals surface area (Å²) in [6, 6.07) is 17.7. The first-order valence-corrected chi connectivity index (χ1v) is 23.3. The molecule has 14 heteroatoms. The van der Waals surface area contributed by atoms with Crippen molar-refractivity contribution < 1.29 is 38.9 Å². The lowest BCUT2D eigenvalue weighted by Crippen LogP contribution is -2.67. The van der Waals surface area contributed by atoms with Crippen molar-refractivity contribution in [1.29, 1.82) is 0 Å². The third kappa shape index (κ3) is 10.3. The number of ether oxygens (including phenoxy) is 1. The van der Waals surface area contributed by atoms with Crippen molar-refractivity contribution in [3.05, 3.63) is 90.0 Å². The van der Waals surface area contributed by atoms with Crippen LogP contribution in [0, 0.1) is 17.3 Å². The number of phenols is 1. The first-order valence-electron chi connectivity index (χ1n) is 23.3. The van der Waals surface area contributed by atoms with E-state index in [-0.39, 0.29) is 48.8 Å². The number of nitrogens with one attached hydrogen (secondary N) is 2. The number of likely N-dealkylation sites (tertiary alicyclic amines) is 1. The number of rotatable bonds is 11. The number of aromatic hydroxyl groups is 1. The molecule has 1 unspecified atom stereocenters. The number of hydrogen-bond acceptors (Lipinski definition) is 9. The number of benzene rings is 3. The Morgan fingerprint density at radius 2 is 1.71 bits per heavy atom. The molecule has 6 bridgehead atoms. The highest BCUT2D eigenvalue weighted by Gasteiger charge is 2.44. The number of carboxylic acids is 1. The summed E-state index contributed by atoms with van der Waals surface area (Å²) >= 11 is 0. The molecule has 3 aliphatic heterocycles. The van der Waals surface area contributed by atoms with Gasteiger partial charge in [-0.2, -0.15) is 0 Å². The van der Waals surface area contributed by atoms with E-state index >= 15 is 4.79 Å². The van der Waals surface area contributed by atoms with E-state index in [0.717, 1.165) is 45.3 Å². The number of hydrazine groups is 1. The second-order valence-corrected chi connectivity index (χ2v) is 20.0. The van der Waals surface area contributed by atoms with Crippen LogP contribution in [-0.4, -0.2) is 117 Å². The Morgan fingerprint density at radius 3 is 2.39 bits per heavy atom. The smallest absolute Gasteiger partial charge is 0.324 e. The molecule has 1 aromatic heterocycles. The van der Waals surface area contributed by atoms with Crippen molar-refractivity contribution in [3.8, 4) is 28.1 Å². The van der Waals surface area contributed by atoms with E-state index in [1.165, 1.54) is 11.1 Å². The van der Waals surface area contributed by atoms with E-state index in [1.807, 2.05) is 62.2 Å². The molecule has 3 aliphatic rings. The zero-order valence-electron chi connectivity index (χ0n) is 39.5. The molecule has 66 heavy (non-hydrogen) atoms. The Hall–Kier alpha value is -5.99. The van der Waals surface area contributed by atoms with Crippen molar-refractivity contribution in [2.45, 2.75) is 104 Å². The van der Waals surface area contributed by atoms with Crippen molar-refractivity contribution in [2.24, 2.45) is 17.3 Å². The highest BCUT2D eigenvalue weighted by Crippen LogP contribution is 2.41. The molecule has 4 N–H and O–H groups in total. The van der Waals surface area contributed by atoms with Crippen molar-refractivity contribution >= 4 is 40.6 Å². The zero-order valence-corrected chi connectivity index (χ0v) is 39.5. The van der Waals surface area contributed by atoms with Gasteiger partial charge in [-0.25, -0.2) is 5.43 Å². The van der Waals surface area contributed by atoms with Crippen LogP contribution in [0.5, 0.6) is 5.75 Å². The Balaban J connectivity index is 1.30. The van der Waals surface area contributed by atoms with E-state index in [9.17, 15) is 29.4 Å². The first kappa shape index (κ1) is 48.0. The maximum atomic E-state index is 15.0. The molecule has 14 nitrogen and oxygen atoms in total. The van der Waals surface area contributed by atoms with E-state index in [2.05, 4.69) is 54.8 Å². The molecule has 352 valence electrons. The fourth-order valence-electron chi connectivity index (χ4n) is 10.4. The number of carbonyl (C=O) groups excluding carboxylic acids is 4. The fraction of sp³-hybridized carbons (Fsp3) is 0.481. The number of aromatic nitrogens is 1. The minimum Gasteiger partial charge on any atom is -0.508 e. The third-order valence-corrected chi connectivity index (χ3v) is 13.5. The quantitative estimate of drug-likeness (QED) is 0.0981. The molecule has 4 aromatic rings. The molecule has 0 saturated carbocycles. The van der Waals surface area contributed by atoms with Gasteiger partial charge in [0.1, 0.15) is 17.3 Å². The van der Waals surface area contributed by atoms with Crippen LogP contribution in [0.4, 0.5) is 0 Å². The summed E-state index contributed by atoms with van der Waals surface area (Å²) in [4.78, 5) is 71.3. The molecule has 0 radical (unpaired) electrons. The average Bonchev–Trinajstić information content (AvgIpc) is 3.85. The topological polar surface area (TPSA) is 174 Å². The normalized spacial score (nSPS) is 21.7. The van der Waals surface area contributed by atoms with Crippen LogP contribution < -0.4 is 10.7 Å². The summed E-state index contributed by atoms with van der Waals surface area (Å²) in [5, 5.41) is 26.4. The number of aryl methyl sites for hydroxylation is 1. The molecule has 3 aromatic carbocycles. The van der Waals surface area contributed by atoms with Crippen molar-refractivity contribution in [1.82, 2.24) is 30.1 Å². The van der Waals surface area contributed by atoms with Gasteiger partial charge in [-0.15, -0.1) is 0 Å². The number of hydrogen-bond donors (Lipinski definition) is 4. The Bertz CT molecular complexity index is 2510. The number of aliphatic carboxylic acids is 1. The number of phenolic OH excluding ortho intramolecular Hbond substituents is 1. The fourth-order valence-corrected chi connectivity index (χ4v) is 10.4. The highest BCUT2D eigenvalue weighted by atomic mass is 16.5. The van der Waals surface area contributed by atoms with Crippen molar-refractivity contribution in [2.75, 3.05) is 39.8 Å². The van der Waals surface area contributed by atoms with Gasteiger partial charge in [0.15, 0.2) is 0 Å². The lowest BCUT2D eigenvalue weighted by Gasteiger charge is -2.41. The highest BCUT2D eigenvalue weighted by molar-refractivity contribution is 5.96. The predicted octanol–water partition coefficient (Wildman–Crippen LogP) is 6.36. The molecular weight excluding hydrogens is 837 g/mol. The van der Waals surface area contributed by atoms with Gasteiger partial charge < -0.3 is 29.7 Å². The number of fused-ring (bicyclic) bond motifs is 6. The number of esters is 1. The number of cyclic esters (lactones) is 1. The van der Waals surface area contributed by atoms with Gasteiger partial charge >= 0.3 is 11.9 Å². The average molecular weight is 903 g/mol. The van der Waals surface area contributed by atoms with Crippen LogP contribution in [0.3, 0.4) is 0 Å². The number of amides is 3. The maximum Gasteiger partial charge on any atom is 0.324 e. The molecular formula is C52H66N6O8. The molecule has 7 rings (SSSR count). The van der Waals surface area contributed by atoms with Crippen LogP contribution in [0.2, 0.25) is 0 Å². The number of nitrogens with zero attached hydrogens (tertiary/aromatic N) is 4. The molecule has 0 spiro atoms. The van der Waals surface area contributed by atoms with Gasteiger partial charge in [-0.05, 0) is 122 Å². The number of likely N-dealkylation sites (N-methyl/N-ethyl adjacent to an activating group) is 1. The summed E-state index contributed by atoms with van der Waals surface area (Å²) < 4.78 is 8.36. The van der Waals surface area contributed by atoms with E-state index < -0.39 is 40.9 Å². The molecule has 2 fully saturated rings. The molecule has 4 atom stereocenters. The van der Waals surface area contributed by atoms with E-state index in [1.54, 1.807) is 24.0 Å². The third-order valence-electron chi connectivity index (χ3n) is 13.5. The van der Waals surface area contributed by atoms with Crippen LogP contribution in [0.25, 0.3) is 33.3 Å². The minimum atomic E-state index is -1.53. The largest absolute Gasteiger partial charge is 0.508 e. The van der Waals surface area contributed by atoms with Gasteiger partial charge in [-0.1, -0.05) is 70.7 Å². The SMILES string of the molecule is C=CC(=O)N1CC[C@H](CN(C)[C@H](C(=O)NC2(C)Cc3cc(O)cc(c3)-c3ccc4c(c3)c(c(-c3ccc(CC(=O)O)cc3)n4CC)CC(C)(C)COC(=O)[C@@H]3CCCN(N3)C2=O)C(C)C)C1. The van der Waals surface area contributed by atoms with Gasteiger partial charge in [0, 0.05) is 55.5 Å². The maximum absolute atomic E-state index is 15.0. The summed E-state index contributed by atoms with van der Waals surface area (Å²) in [5.41, 5.74) is 7.94. The van der Waals surface area contributed by atoms with Gasteiger partial charge in [0.2, 0.25) is 11.8 Å². The van der Waals surface area contributed by atoms with Crippen LogP contribution in [0.15, 0.2) is 73.3 Å².